The molecule has 3 rings (SSSR count). The molecule has 152 valence electrons. The largest absolute Gasteiger partial charge is 0.379 e. The van der Waals surface area contributed by atoms with E-state index in [2.05, 4.69) is 15.2 Å². The predicted octanol–water partition coefficient (Wildman–Crippen LogP) is 3.52. The summed E-state index contributed by atoms with van der Waals surface area (Å²) < 4.78 is 45.6. The molecule has 1 saturated heterocycles. The van der Waals surface area contributed by atoms with Gasteiger partial charge in [-0.25, -0.2) is 13.2 Å². The second kappa shape index (κ2) is 10.6. The third-order valence-electron chi connectivity index (χ3n) is 4.37. The smallest absolute Gasteiger partial charge is 0.193 e. The Balaban J connectivity index is 0.00000280. The van der Waals surface area contributed by atoms with Crippen LogP contribution in [0.1, 0.15) is 11.6 Å². The van der Waals surface area contributed by atoms with Gasteiger partial charge in [-0.1, -0.05) is 12.1 Å². The maximum absolute atomic E-state index is 13.7. The normalized spacial score (nSPS) is 16.3. The zero-order valence-electron chi connectivity index (χ0n) is 15.1. The van der Waals surface area contributed by atoms with Gasteiger partial charge in [0.1, 0.15) is 17.5 Å². The Hall–Kier alpha value is -1.85. The van der Waals surface area contributed by atoms with Crippen molar-refractivity contribution in [2.75, 3.05) is 38.2 Å². The number of morpholine rings is 1. The quantitative estimate of drug-likeness (QED) is 0.370. The second-order valence-corrected chi connectivity index (χ2v) is 6.19. The molecule has 2 aromatic carbocycles. The molecule has 1 heterocycles. The minimum Gasteiger partial charge on any atom is -0.379 e. The number of anilines is 1. The average Bonchev–Trinajstić information content (AvgIpc) is 2.67. The molecule has 9 heteroatoms. The van der Waals surface area contributed by atoms with Crippen LogP contribution in [-0.4, -0.2) is 43.7 Å². The van der Waals surface area contributed by atoms with Crippen LogP contribution in [0.5, 0.6) is 0 Å². The highest BCUT2D eigenvalue weighted by Gasteiger charge is 2.22. The molecule has 5 nitrogen and oxygen atoms in total. The number of benzene rings is 2. The summed E-state index contributed by atoms with van der Waals surface area (Å²) in [5, 5.41) is 2.58. The summed E-state index contributed by atoms with van der Waals surface area (Å²) in [4.78, 5) is 6.46. The van der Waals surface area contributed by atoms with Gasteiger partial charge in [0, 0.05) is 19.2 Å². The molecule has 0 amide bonds. The van der Waals surface area contributed by atoms with Crippen LogP contribution < -0.4 is 11.1 Å². The summed E-state index contributed by atoms with van der Waals surface area (Å²) in [6.45, 7) is 2.90. The van der Waals surface area contributed by atoms with E-state index < -0.39 is 11.6 Å². The van der Waals surface area contributed by atoms with Gasteiger partial charge in [0.15, 0.2) is 5.96 Å². The number of nitrogens with one attached hydrogen (secondary N) is 1. The Labute approximate surface area is 178 Å². The highest BCUT2D eigenvalue weighted by Crippen LogP contribution is 2.23. The van der Waals surface area contributed by atoms with E-state index in [-0.39, 0.29) is 54.0 Å². The molecule has 0 radical (unpaired) electrons. The van der Waals surface area contributed by atoms with Gasteiger partial charge < -0.3 is 15.8 Å². The number of hydrogen-bond acceptors (Lipinski definition) is 3. The summed E-state index contributed by atoms with van der Waals surface area (Å²) in [5.74, 6) is -1.55. The highest BCUT2D eigenvalue weighted by atomic mass is 127. The Kier molecular flexibility index (Phi) is 8.52. The highest BCUT2D eigenvalue weighted by molar-refractivity contribution is 14.0. The van der Waals surface area contributed by atoms with E-state index in [9.17, 15) is 13.2 Å². The molecule has 2 aromatic rings. The number of nitrogens with two attached hydrogens (primary N) is 1. The van der Waals surface area contributed by atoms with Crippen molar-refractivity contribution in [3.05, 3.63) is 65.5 Å². The Morgan fingerprint density at radius 2 is 1.71 bits per heavy atom. The van der Waals surface area contributed by atoms with Gasteiger partial charge in [0.05, 0.1) is 31.5 Å². The van der Waals surface area contributed by atoms with Crippen LogP contribution >= 0.6 is 24.0 Å². The van der Waals surface area contributed by atoms with Gasteiger partial charge in [0.25, 0.3) is 0 Å². The van der Waals surface area contributed by atoms with Crippen molar-refractivity contribution < 1.29 is 17.9 Å². The van der Waals surface area contributed by atoms with Crippen molar-refractivity contribution in [1.82, 2.24) is 4.90 Å². The van der Waals surface area contributed by atoms with Gasteiger partial charge in [0.2, 0.25) is 0 Å². The van der Waals surface area contributed by atoms with E-state index in [1.54, 1.807) is 12.1 Å². The SMILES string of the molecule is I.NC(=NCC(c1ccc(F)cc1)N1CCOCC1)Nc1cc(F)ccc1F. The van der Waals surface area contributed by atoms with E-state index in [1.165, 1.54) is 12.1 Å². The Morgan fingerprint density at radius 3 is 2.39 bits per heavy atom. The van der Waals surface area contributed by atoms with Crippen LogP contribution in [0.2, 0.25) is 0 Å². The van der Waals surface area contributed by atoms with Crippen molar-refractivity contribution in [3.8, 4) is 0 Å². The maximum Gasteiger partial charge on any atom is 0.193 e. The van der Waals surface area contributed by atoms with Crippen molar-refractivity contribution >= 4 is 35.6 Å². The molecule has 28 heavy (non-hydrogen) atoms. The monoisotopic (exact) mass is 506 g/mol. The molecule has 0 bridgehead atoms. The van der Waals surface area contributed by atoms with E-state index in [0.717, 1.165) is 23.8 Å². The zero-order chi connectivity index (χ0) is 19.2. The molecular formula is C19H22F3IN4O. The van der Waals surface area contributed by atoms with Gasteiger partial charge in [-0.3, -0.25) is 9.89 Å². The fourth-order valence-corrected chi connectivity index (χ4v) is 2.96. The summed E-state index contributed by atoms with van der Waals surface area (Å²) in [5.41, 5.74) is 6.66. The average molecular weight is 506 g/mol. The van der Waals surface area contributed by atoms with E-state index in [4.69, 9.17) is 10.5 Å². The standard InChI is InChI=1S/C19H21F3N4O.HI/c20-14-3-1-13(2-4-14)18(26-7-9-27-10-8-26)12-24-19(23)25-17-11-15(21)5-6-16(17)22;/h1-6,11,18H,7-10,12H2,(H3,23,24,25);1H. The minimum absolute atomic E-state index is 0. The first kappa shape index (κ1) is 22.4. The van der Waals surface area contributed by atoms with Gasteiger partial charge >= 0.3 is 0 Å². The lowest BCUT2D eigenvalue weighted by Crippen LogP contribution is -2.40. The topological polar surface area (TPSA) is 62.9 Å². The molecule has 1 unspecified atom stereocenters. The van der Waals surface area contributed by atoms with E-state index >= 15 is 0 Å². The number of hydrogen-bond donors (Lipinski definition) is 2. The molecule has 0 saturated carbocycles. The minimum atomic E-state index is -0.627. The number of ether oxygens (including phenoxy) is 1. The van der Waals surface area contributed by atoms with Gasteiger partial charge in [-0.2, -0.15) is 0 Å². The van der Waals surface area contributed by atoms with Gasteiger partial charge in [-0.15, -0.1) is 24.0 Å². The van der Waals surface area contributed by atoms with Crippen LogP contribution in [0.25, 0.3) is 0 Å². The lowest BCUT2D eigenvalue weighted by molar-refractivity contribution is 0.0180. The van der Waals surface area contributed by atoms with Crippen molar-refractivity contribution in [1.29, 1.82) is 0 Å². The van der Waals surface area contributed by atoms with Crippen LogP contribution in [0, 0.1) is 17.5 Å². The fraction of sp³-hybridized carbons (Fsp3) is 0.316. The Morgan fingerprint density at radius 1 is 1.07 bits per heavy atom. The first-order valence-electron chi connectivity index (χ1n) is 8.62. The number of aliphatic imine (C=N–C) groups is 1. The Bertz CT molecular complexity index is 798. The summed E-state index contributed by atoms with van der Waals surface area (Å²) >= 11 is 0. The van der Waals surface area contributed by atoms with E-state index in [1.807, 2.05) is 0 Å². The third kappa shape index (κ3) is 6.08. The lowest BCUT2D eigenvalue weighted by atomic mass is 10.0. The molecule has 1 fully saturated rings. The molecule has 1 aliphatic rings. The molecule has 0 aliphatic carbocycles. The second-order valence-electron chi connectivity index (χ2n) is 6.19. The summed E-state index contributed by atoms with van der Waals surface area (Å²) in [7, 11) is 0. The molecule has 1 atom stereocenters. The number of rotatable bonds is 5. The third-order valence-corrected chi connectivity index (χ3v) is 4.37. The fourth-order valence-electron chi connectivity index (χ4n) is 2.96. The maximum atomic E-state index is 13.7. The molecule has 1 aliphatic heterocycles. The molecule has 0 aromatic heterocycles. The van der Waals surface area contributed by atoms with Crippen molar-refractivity contribution in [2.45, 2.75) is 6.04 Å². The first-order valence-corrected chi connectivity index (χ1v) is 8.62. The number of guanidine groups is 1. The number of nitrogens with zero attached hydrogens (tertiary/aromatic N) is 2. The zero-order valence-corrected chi connectivity index (χ0v) is 17.4. The van der Waals surface area contributed by atoms with Crippen molar-refractivity contribution in [2.24, 2.45) is 10.7 Å². The molecule has 3 N–H and O–H groups in total. The predicted molar refractivity (Wildman–Crippen MR) is 113 cm³/mol. The molecular weight excluding hydrogens is 484 g/mol. The van der Waals surface area contributed by atoms with E-state index in [0.29, 0.717) is 26.3 Å². The lowest BCUT2D eigenvalue weighted by Gasteiger charge is -2.34. The summed E-state index contributed by atoms with van der Waals surface area (Å²) in [6, 6.07) is 9.13. The van der Waals surface area contributed by atoms with Crippen LogP contribution in [-0.2, 0) is 4.74 Å². The van der Waals surface area contributed by atoms with Gasteiger partial charge in [-0.05, 0) is 29.8 Å². The van der Waals surface area contributed by atoms with Crippen molar-refractivity contribution in [3.63, 3.8) is 0 Å². The molecule has 0 spiro atoms. The summed E-state index contributed by atoms with van der Waals surface area (Å²) in [6.07, 6.45) is 0. The van der Waals surface area contributed by atoms with Crippen LogP contribution in [0.4, 0.5) is 18.9 Å². The first-order chi connectivity index (χ1) is 13.0. The van der Waals surface area contributed by atoms with Crippen LogP contribution in [0.3, 0.4) is 0 Å². The number of halogens is 4. The van der Waals surface area contributed by atoms with Crippen LogP contribution in [0.15, 0.2) is 47.5 Å².